The molecule has 0 amide bonds. The van der Waals surface area contributed by atoms with E-state index in [2.05, 4.69) is 91.5 Å². The second kappa shape index (κ2) is 15.2. The van der Waals surface area contributed by atoms with Gasteiger partial charge < -0.3 is 18.9 Å². The van der Waals surface area contributed by atoms with E-state index in [1.54, 1.807) is 0 Å². The van der Waals surface area contributed by atoms with Gasteiger partial charge in [-0.1, -0.05) is 91.9 Å². The first-order valence-electron chi connectivity index (χ1n) is 16.9. The van der Waals surface area contributed by atoms with Crippen LogP contribution in [0.3, 0.4) is 0 Å². The Hall–Kier alpha value is -4.39. The predicted octanol–water partition coefficient (Wildman–Crippen LogP) is 9.92. The summed E-state index contributed by atoms with van der Waals surface area (Å²) in [7, 11) is 0. The summed E-state index contributed by atoms with van der Waals surface area (Å²) < 4.78 is 25.5. The Morgan fingerprint density at radius 2 is 1.38 bits per heavy atom. The summed E-state index contributed by atoms with van der Waals surface area (Å²) in [5.74, 6) is 4.17. The van der Waals surface area contributed by atoms with Crippen LogP contribution in [0.1, 0.15) is 53.9 Å². The minimum Gasteiger partial charge on any atom is -0.492 e. The molecule has 4 atom stereocenters. The summed E-state index contributed by atoms with van der Waals surface area (Å²) in [4.78, 5) is 3.59. The lowest BCUT2D eigenvalue weighted by molar-refractivity contribution is 0.168. The Kier molecular flexibility index (Phi) is 10.2. The number of thioether (sulfide) groups is 1. The fourth-order valence-electron chi connectivity index (χ4n) is 6.36. The molecule has 6 heteroatoms. The molecule has 2 aliphatic heterocycles. The fraction of sp³-hybridized carbons (Fsp3) is 0.286. The molecule has 0 aliphatic carbocycles. The second-order valence-electron chi connectivity index (χ2n) is 12.9. The highest BCUT2D eigenvalue weighted by Gasteiger charge is 2.34. The van der Waals surface area contributed by atoms with Crippen LogP contribution >= 0.6 is 11.8 Å². The Morgan fingerprint density at radius 1 is 0.708 bits per heavy atom. The van der Waals surface area contributed by atoms with Gasteiger partial charge in [-0.15, -0.1) is 11.8 Å². The van der Waals surface area contributed by atoms with E-state index in [0.29, 0.717) is 25.9 Å². The number of likely N-dealkylation sites (tertiary alicyclic amines) is 1. The summed E-state index contributed by atoms with van der Waals surface area (Å²) in [5.41, 5.74) is 4.52. The molecule has 246 valence electrons. The summed E-state index contributed by atoms with van der Waals surface area (Å²) in [6.07, 6.45) is 1.06. The van der Waals surface area contributed by atoms with Crippen LogP contribution in [-0.4, -0.2) is 30.6 Å². The van der Waals surface area contributed by atoms with Crippen molar-refractivity contribution in [2.75, 3.05) is 19.7 Å². The van der Waals surface area contributed by atoms with Crippen molar-refractivity contribution in [2.24, 2.45) is 5.92 Å². The average molecular weight is 658 g/mol. The lowest BCUT2D eigenvalue weighted by atomic mass is 9.99. The van der Waals surface area contributed by atoms with E-state index in [1.165, 1.54) is 6.42 Å². The van der Waals surface area contributed by atoms with Gasteiger partial charge in [0.25, 0.3) is 0 Å². The quantitative estimate of drug-likeness (QED) is 0.133. The molecule has 0 spiro atoms. The van der Waals surface area contributed by atoms with Crippen molar-refractivity contribution in [2.45, 2.75) is 55.8 Å². The minimum atomic E-state index is -0.206. The maximum atomic E-state index is 6.82. The Balaban J connectivity index is 1.11. The highest BCUT2D eigenvalue weighted by atomic mass is 32.2. The van der Waals surface area contributed by atoms with Gasteiger partial charge in [0.05, 0.1) is 10.1 Å². The Labute approximate surface area is 288 Å². The molecular weight excluding hydrogens is 615 g/mol. The van der Waals surface area contributed by atoms with Crippen molar-refractivity contribution in [3.8, 4) is 23.0 Å². The van der Waals surface area contributed by atoms with Crippen LogP contribution in [0.5, 0.6) is 23.0 Å². The van der Waals surface area contributed by atoms with Crippen LogP contribution in [0, 0.1) is 5.92 Å². The summed E-state index contributed by atoms with van der Waals surface area (Å²) in [6.45, 7) is 8.62. The fourth-order valence-corrected chi connectivity index (χ4v) is 7.67. The predicted molar refractivity (Wildman–Crippen MR) is 193 cm³/mol. The van der Waals surface area contributed by atoms with Crippen molar-refractivity contribution in [1.82, 2.24) is 4.90 Å². The average Bonchev–Trinajstić information content (AvgIpc) is 3.59. The summed E-state index contributed by atoms with van der Waals surface area (Å²) in [6, 6.07) is 43.9. The number of ether oxygens (including phenoxy) is 4. The summed E-state index contributed by atoms with van der Waals surface area (Å²) >= 11 is 1.81. The standard InChI is InChI=1S/C42H43NO4S/c1-30-22-23-43(26-30)31(2)27-44-36-18-16-34(17-19-36)41-42(35-14-9-15-37(24-35)45-28-32-10-5-3-6-11-32)48-40-25-38(20-21-39(40)47-41)46-29-33-12-7-4-8-13-33/h3-21,24-25,30-31,41-42H,22-23,26-29H2,1-2H3/t30-,31+,41+,42-/m1/s1. The van der Waals surface area contributed by atoms with Gasteiger partial charge in [-0.05, 0) is 90.5 Å². The molecule has 5 aromatic carbocycles. The van der Waals surface area contributed by atoms with E-state index in [1.807, 2.05) is 66.4 Å². The van der Waals surface area contributed by atoms with E-state index in [9.17, 15) is 0 Å². The Morgan fingerprint density at radius 3 is 2.04 bits per heavy atom. The number of hydrogen-bond donors (Lipinski definition) is 0. The molecule has 0 radical (unpaired) electrons. The van der Waals surface area contributed by atoms with Gasteiger partial charge in [-0.25, -0.2) is 0 Å². The lowest BCUT2D eigenvalue weighted by Crippen LogP contribution is -2.35. The number of nitrogens with zero attached hydrogens (tertiary/aromatic N) is 1. The van der Waals surface area contributed by atoms with Gasteiger partial charge >= 0.3 is 0 Å². The van der Waals surface area contributed by atoms with Gasteiger partial charge in [-0.3, -0.25) is 4.90 Å². The SMILES string of the molecule is C[C@@H]1CCN([C@@H](C)COc2ccc([C@@H]3Oc4ccc(OCc5ccccc5)cc4S[C@@H]3c3cccc(OCc4ccccc4)c3)cc2)C1. The molecule has 48 heavy (non-hydrogen) atoms. The van der Waals surface area contributed by atoms with Crippen molar-refractivity contribution < 1.29 is 18.9 Å². The van der Waals surface area contributed by atoms with Gasteiger partial charge in [-0.2, -0.15) is 0 Å². The van der Waals surface area contributed by atoms with Crippen molar-refractivity contribution in [3.05, 3.63) is 150 Å². The van der Waals surface area contributed by atoms with Crippen molar-refractivity contribution in [3.63, 3.8) is 0 Å². The summed E-state index contributed by atoms with van der Waals surface area (Å²) in [5, 5.41) is -0.00824. The van der Waals surface area contributed by atoms with E-state index in [4.69, 9.17) is 18.9 Å². The first kappa shape index (κ1) is 32.2. The first-order chi connectivity index (χ1) is 23.6. The van der Waals surface area contributed by atoms with Crippen LogP contribution in [-0.2, 0) is 13.2 Å². The normalized spacial score (nSPS) is 19.6. The molecule has 2 heterocycles. The molecule has 0 saturated carbocycles. The topological polar surface area (TPSA) is 40.2 Å². The van der Waals surface area contributed by atoms with E-state index >= 15 is 0 Å². The minimum absolute atomic E-state index is 0.00824. The maximum Gasteiger partial charge on any atom is 0.140 e. The van der Waals surface area contributed by atoms with Crippen LogP contribution in [0.2, 0.25) is 0 Å². The third-order valence-corrected chi connectivity index (χ3v) is 10.5. The number of rotatable bonds is 12. The molecule has 1 fully saturated rings. The number of benzene rings is 5. The zero-order chi connectivity index (χ0) is 32.7. The molecule has 5 nitrogen and oxygen atoms in total. The monoisotopic (exact) mass is 657 g/mol. The largest absolute Gasteiger partial charge is 0.492 e. The van der Waals surface area contributed by atoms with Crippen LogP contribution in [0.4, 0.5) is 0 Å². The molecule has 1 saturated heterocycles. The van der Waals surface area contributed by atoms with Gasteiger partial charge in [0.2, 0.25) is 0 Å². The molecule has 0 bridgehead atoms. The number of hydrogen-bond acceptors (Lipinski definition) is 6. The smallest absolute Gasteiger partial charge is 0.140 e. The Bertz CT molecular complexity index is 1760. The zero-order valence-corrected chi connectivity index (χ0v) is 28.5. The van der Waals surface area contributed by atoms with Gasteiger partial charge in [0.15, 0.2) is 0 Å². The first-order valence-corrected chi connectivity index (χ1v) is 17.8. The van der Waals surface area contributed by atoms with E-state index in [-0.39, 0.29) is 11.4 Å². The van der Waals surface area contributed by atoms with Crippen LogP contribution < -0.4 is 18.9 Å². The molecule has 7 rings (SSSR count). The van der Waals surface area contributed by atoms with Crippen molar-refractivity contribution >= 4 is 11.8 Å². The lowest BCUT2D eigenvalue weighted by Gasteiger charge is -2.34. The van der Waals surface area contributed by atoms with Crippen molar-refractivity contribution in [1.29, 1.82) is 0 Å². The second-order valence-corrected chi connectivity index (χ2v) is 14.1. The molecule has 5 aromatic rings. The maximum absolute atomic E-state index is 6.82. The third-order valence-electron chi connectivity index (χ3n) is 9.16. The van der Waals surface area contributed by atoms with Crippen LogP contribution in [0.15, 0.2) is 132 Å². The van der Waals surface area contributed by atoms with E-state index in [0.717, 1.165) is 69.2 Å². The van der Waals surface area contributed by atoms with Gasteiger partial charge in [0, 0.05) is 12.6 Å². The molecule has 0 aromatic heterocycles. The van der Waals surface area contributed by atoms with Crippen LogP contribution in [0.25, 0.3) is 0 Å². The molecule has 0 N–H and O–H groups in total. The molecule has 2 aliphatic rings. The zero-order valence-electron chi connectivity index (χ0n) is 27.7. The van der Waals surface area contributed by atoms with E-state index < -0.39 is 0 Å². The molecular formula is C42H43NO4S. The molecule has 0 unspecified atom stereocenters. The highest BCUT2D eigenvalue weighted by molar-refractivity contribution is 7.99. The number of fused-ring (bicyclic) bond motifs is 1. The van der Waals surface area contributed by atoms with Gasteiger partial charge in [0.1, 0.15) is 48.9 Å². The third kappa shape index (κ3) is 8.00. The highest BCUT2D eigenvalue weighted by Crippen LogP contribution is 2.54.